The first-order valence-electron chi connectivity index (χ1n) is 4.74. The Kier molecular flexibility index (Phi) is 3.28. The van der Waals surface area contributed by atoms with Crippen LogP contribution in [0.4, 0.5) is 0 Å². The second kappa shape index (κ2) is 4.53. The largest absolute Gasteiger partial charge is 0.393 e. The van der Waals surface area contributed by atoms with Crippen molar-refractivity contribution >= 4 is 29.1 Å². The second-order valence-electron chi connectivity index (χ2n) is 3.67. The fourth-order valence-electron chi connectivity index (χ4n) is 1.48. The van der Waals surface area contributed by atoms with E-state index in [0.29, 0.717) is 12.8 Å². The zero-order valence-electron chi connectivity index (χ0n) is 8.15. The number of hydrogen-bond acceptors (Lipinski definition) is 4. The van der Waals surface area contributed by atoms with Crippen LogP contribution in [0.1, 0.15) is 23.2 Å². The number of rotatable bonds is 2. The summed E-state index contributed by atoms with van der Waals surface area (Å²) in [5.41, 5.74) is 0.197. The van der Waals surface area contributed by atoms with E-state index in [1.807, 2.05) is 0 Å². The Labute approximate surface area is 102 Å². The van der Waals surface area contributed by atoms with Gasteiger partial charge in [-0.1, -0.05) is 23.2 Å². The molecule has 16 heavy (non-hydrogen) atoms. The van der Waals surface area contributed by atoms with Crippen molar-refractivity contribution in [3.63, 3.8) is 0 Å². The van der Waals surface area contributed by atoms with Crippen LogP contribution in [0.25, 0.3) is 0 Å². The molecule has 0 radical (unpaired) electrons. The lowest BCUT2D eigenvalue weighted by molar-refractivity contribution is 0.0562. The summed E-state index contributed by atoms with van der Waals surface area (Å²) in [6.45, 7) is 0. The number of carbonyl (C=O) groups excluding carboxylic acids is 1. The summed E-state index contributed by atoms with van der Waals surface area (Å²) in [6, 6.07) is 1.35. The van der Waals surface area contributed by atoms with Crippen LogP contribution in [0.2, 0.25) is 10.3 Å². The molecule has 0 bridgehead atoms. The van der Waals surface area contributed by atoms with Crippen molar-refractivity contribution in [1.29, 1.82) is 0 Å². The molecular formula is C9H9Cl2N3O2. The van der Waals surface area contributed by atoms with Crippen LogP contribution in [0, 0.1) is 0 Å². The molecule has 86 valence electrons. The molecule has 1 aliphatic carbocycles. The Hall–Kier alpha value is -0.910. The monoisotopic (exact) mass is 261 g/mol. The van der Waals surface area contributed by atoms with Gasteiger partial charge < -0.3 is 10.4 Å². The standard InChI is InChI=1S/C9H9Cl2N3O2/c10-7-3-6(8(11)14-13-7)9(16)12-4-1-5(15)2-4/h3-5,15H,1-2H2,(H,12,16). The van der Waals surface area contributed by atoms with Crippen LogP contribution < -0.4 is 5.32 Å². The molecule has 0 aliphatic heterocycles. The Morgan fingerprint density at radius 1 is 1.44 bits per heavy atom. The third-order valence-corrected chi connectivity index (χ3v) is 2.88. The van der Waals surface area contributed by atoms with E-state index in [2.05, 4.69) is 15.5 Å². The average molecular weight is 262 g/mol. The van der Waals surface area contributed by atoms with Crippen molar-refractivity contribution in [3.8, 4) is 0 Å². The minimum atomic E-state index is -0.348. The molecule has 0 atom stereocenters. The molecule has 1 saturated carbocycles. The van der Waals surface area contributed by atoms with Gasteiger partial charge in [0.1, 0.15) is 0 Å². The molecule has 1 aliphatic rings. The van der Waals surface area contributed by atoms with Crippen LogP contribution >= 0.6 is 23.2 Å². The summed E-state index contributed by atoms with van der Waals surface area (Å²) < 4.78 is 0. The molecule has 7 heteroatoms. The van der Waals surface area contributed by atoms with E-state index in [9.17, 15) is 4.79 Å². The maximum absolute atomic E-state index is 11.7. The highest BCUT2D eigenvalue weighted by molar-refractivity contribution is 6.34. The van der Waals surface area contributed by atoms with Crippen molar-refractivity contribution in [2.24, 2.45) is 0 Å². The number of aliphatic hydroxyl groups excluding tert-OH is 1. The van der Waals surface area contributed by atoms with Gasteiger partial charge in [-0.05, 0) is 18.9 Å². The lowest BCUT2D eigenvalue weighted by Gasteiger charge is -2.31. The van der Waals surface area contributed by atoms with Crippen LogP contribution in [0.5, 0.6) is 0 Å². The molecule has 0 unspecified atom stereocenters. The Bertz CT molecular complexity index is 421. The van der Waals surface area contributed by atoms with Gasteiger partial charge in [-0.2, -0.15) is 0 Å². The fourth-order valence-corrected chi connectivity index (χ4v) is 1.81. The quantitative estimate of drug-likeness (QED) is 0.834. The molecule has 0 saturated heterocycles. The second-order valence-corrected chi connectivity index (χ2v) is 4.41. The van der Waals surface area contributed by atoms with Crippen molar-refractivity contribution < 1.29 is 9.90 Å². The maximum Gasteiger partial charge on any atom is 0.254 e. The minimum Gasteiger partial charge on any atom is -0.393 e. The highest BCUT2D eigenvalue weighted by atomic mass is 35.5. The van der Waals surface area contributed by atoms with Gasteiger partial charge in [0.15, 0.2) is 10.3 Å². The van der Waals surface area contributed by atoms with Crippen LogP contribution in [-0.2, 0) is 0 Å². The summed E-state index contributed by atoms with van der Waals surface area (Å²) in [6.07, 6.45) is 0.811. The molecule has 1 aromatic rings. The van der Waals surface area contributed by atoms with E-state index in [-0.39, 0.29) is 33.9 Å². The van der Waals surface area contributed by atoms with Gasteiger partial charge in [0.05, 0.1) is 11.7 Å². The van der Waals surface area contributed by atoms with Gasteiger partial charge in [-0.15, -0.1) is 10.2 Å². The molecule has 1 aromatic heterocycles. The molecule has 2 N–H and O–H groups in total. The number of amides is 1. The third-order valence-electron chi connectivity index (χ3n) is 2.41. The molecule has 2 rings (SSSR count). The number of nitrogens with one attached hydrogen (secondary N) is 1. The average Bonchev–Trinajstić information content (AvgIpc) is 2.19. The first-order valence-corrected chi connectivity index (χ1v) is 5.49. The molecule has 5 nitrogen and oxygen atoms in total. The summed E-state index contributed by atoms with van der Waals surface area (Å²) in [5.74, 6) is -0.348. The van der Waals surface area contributed by atoms with Gasteiger partial charge in [-0.3, -0.25) is 4.79 Å². The van der Waals surface area contributed by atoms with Crippen LogP contribution in [0.15, 0.2) is 6.07 Å². The maximum atomic E-state index is 11.7. The highest BCUT2D eigenvalue weighted by Crippen LogP contribution is 2.21. The molecule has 0 spiro atoms. The predicted octanol–water partition coefficient (Wildman–Crippen LogP) is 1.04. The molecule has 1 heterocycles. The van der Waals surface area contributed by atoms with Gasteiger partial charge >= 0.3 is 0 Å². The Balaban J connectivity index is 2.05. The highest BCUT2D eigenvalue weighted by Gasteiger charge is 2.29. The number of carbonyl (C=O) groups is 1. The topological polar surface area (TPSA) is 75.1 Å². The van der Waals surface area contributed by atoms with Gasteiger partial charge in [-0.25, -0.2) is 0 Å². The predicted molar refractivity (Wildman–Crippen MR) is 58.5 cm³/mol. The first kappa shape index (κ1) is 11.6. The number of aliphatic hydroxyl groups is 1. The summed E-state index contributed by atoms with van der Waals surface area (Å²) in [7, 11) is 0. The molecule has 1 fully saturated rings. The summed E-state index contributed by atoms with van der Waals surface area (Å²) in [5, 5.41) is 19.0. The van der Waals surface area contributed by atoms with Crippen molar-refractivity contribution in [2.45, 2.75) is 25.0 Å². The zero-order chi connectivity index (χ0) is 11.7. The smallest absolute Gasteiger partial charge is 0.254 e. The number of halogens is 2. The van der Waals surface area contributed by atoms with E-state index in [0.717, 1.165) is 0 Å². The van der Waals surface area contributed by atoms with Crippen molar-refractivity contribution in [3.05, 3.63) is 21.9 Å². The van der Waals surface area contributed by atoms with Crippen molar-refractivity contribution in [1.82, 2.24) is 15.5 Å². The zero-order valence-corrected chi connectivity index (χ0v) is 9.66. The molecule has 1 amide bonds. The van der Waals surface area contributed by atoms with E-state index in [1.165, 1.54) is 6.07 Å². The van der Waals surface area contributed by atoms with E-state index < -0.39 is 0 Å². The van der Waals surface area contributed by atoms with Crippen LogP contribution in [0.3, 0.4) is 0 Å². The molecular weight excluding hydrogens is 253 g/mol. The van der Waals surface area contributed by atoms with E-state index in [1.54, 1.807) is 0 Å². The summed E-state index contributed by atoms with van der Waals surface area (Å²) >= 11 is 11.3. The van der Waals surface area contributed by atoms with Crippen molar-refractivity contribution in [2.75, 3.05) is 0 Å². The van der Waals surface area contributed by atoms with Gasteiger partial charge in [0, 0.05) is 6.04 Å². The van der Waals surface area contributed by atoms with Crippen LogP contribution in [-0.4, -0.2) is 33.4 Å². The minimum absolute atomic E-state index is 0.00879. The first-order chi connectivity index (χ1) is 7.56. The SMILES string of the molecule is O=C(NC1CC(O)C1)c1cc(Cl)nnc1Cl. The number of aromatic nitrogens is 2. The number of nitrogens with zero attached hydrogens (tertiary/aromatic N) is 2. The lowest BCUT2D eigenvalue weighted by Crippen LogP contribution is -2.46. The Morgan fingerprint density at radius 2 is 2.12 bits per heavy atom. The summed E-state index contributed by atoms with van der Waals surface area (Å²) in [4.78, 5) is 11.7. The number of hydrogen-bond donors (Lipinski definition) is 2. The Morgan fingerprint density at radius 3 is 2.75 bits per heavy atom. The molecule has 0 aromatic carbocycles. The third kappa shape index (κ3) is 2.42. The normalized spacial score (nSPS) is 23.7. The fraction of sp³-hybridized carbons (Fsp3) is 0.444. The van der Waals surface area contributed by atoms with Gasteiger partial charge in [0.2, 0.25) is 0 Å². The van der Waals surface area contributed by atoms with E-state index in [4.69, 9.17) is 28.3 Å². The van der Waals surface area contributed by atoms with E-state index >= 15 is 0 Å². The lowest BCUT2D eigenvalue weighted by atomic mass is 9.89. The van der Waals surface area contributed by atoms with Gasteiger partial charge in [0.25, 0.3) is 5.91 Å².